The molecule has 20 heavy (non-hydrogen) atoms. The third-order valence-electron chi connectivity index (χ3n) is 2.95. The summed E-state index contributed by atoms with van der Waals surface area (Å²) in [6.07, 6.45) is 1.68. The molecule has 0 radical (unpaired) electrons. The lowest BCUT2D eigenvalue weighted by Gasteiger charge is -2.10. The van der Waals surface area contributed by atoms with E-state index in [1.54, 1.807) is 13.3 Å². The molecular formula is C13H17N3O3S. The molecule has 0 unspecified atom stereocenters. The van der Waals surface area contributed by atoms with Crippen LogP contribution in [0, 0.1) is 0 Å². The van der Waals surface area contributed by atoms with Crippen molar-refractivity contribution in [3.05, 3.63) is 30.5 Å². The molecule has 0 bridgehead atoms. The van der Waals surface area contributed by atoms with E-state index in [2.05, 4.69) is 15.0 Å². The van der Waals surface area contributed by atoms with Crippen LogP contribution >= 0.6 is 0 Å². The summed E-state index contributed by atoms with van der Waals surface area (Å²) in [7, 11) is -0.220. The first-order chi connectivity index (χ1) is 9.55. The molecule has 6 nitrogen and oxygen atoms in total. The number of sulfonamides is 1. The van der Waals surface area contributed by atoms with Gasteiger partial charge in [0, 0.05) is 18.1 Å². The standard InChI is InChI=1S/C13H17N3O3S/c1-14-20(17,18)8-7-16-13-12-9-11(19-2)4-3-10(12)5-6-15-13/h3-6,9,14H,7-8H2,1-2H3,(H,15,16). The van der Waals surface area contributed by atoms with Crippen molar-refractivity contribution in [2.45, 2.75) is 0 Å². The largest absolute Gasteiger partial charge is 0.497 e. The zero-order valence-corrected chi connectivity index (χ0v) is 12.2. The van der Waals surface area contributed by atoms with Gasteiger partial charge in [-0.05, 0) is 30.6 Å². The average Bonchev–Trinajstić information content (AvgIpc) is 2.47. The van der Waals surface area contributed by atoms with E-state index in [1.807, 2.05) is 24.3 Å². The van der Waals surface area contributed by atoms with Crippen LogP contribution in [-0.4, -0.2) is 39.9 Å². The number of nitrogens with one attached hydrogen (secondary N) is 2. The van der Waals surface area contributed by atoms with Crippen molar-refractivity contribution in [2.24, 2.45) is 0 Å². The predicted molar refractivity (Wildman–Crippen MR) is 79.6 cm³/mol. The molecule has 2 aromatic rings. The second-order valence-corrected chi connectivity index (χ2v) is 6.24. The first-order valence-electron chi connectivity index (χ1n) is 6.13. The van der Waals surface area contributed by atoms with E-state index >= 15 is 0 Å². The second-order valence-electron chi connectivity index (χ2n) is 4.20. The summed E-state index contributed by atoms with van der Waals surface area (Å²) in [6, 6.07) is 7.57. The van der Waals surface area contributed by atoms with Crippen LogP contribution in [0.5, 0.6) is 5.75 Å². The number of fused-ring (bicyclic) bond motifs is 1. The Kier molecular flexibility index (Phi) is 4.41. The molecule has 0 spiro atoms. The Morgan fingerprint density at radius 3 is 2.80 bits per heavy atom. The van der Waals surface area contributed by atoms with Gasteiger partial charge in [0.15, 0.2) is 0 Å². The molecule has 0 aliphatic rings. The van der Waals surface area contributed by atoms with Crippen LogP contribution in [0.1, 0.15) is 0 Å². The fraction of sp³-hybridized carbons (Fsp3) is 0.308. The van der Waals surface area contributed by atoms with Crippen LogP contribution in [0.25, 0.3) is 10.8 Å². The summed E-state index contributed by atoms with van der Waals surface area (Å²) in [5.41, 5.74) is 0. The Morgan fingerprint density at radius 1 is 1.30 bits per heavy atom. The Bertz CT molecular complexity index is 701. The van der Waals surface area contributed by atoms with Crippen LogP contribution in [0.4, 0.5) is 5.82 Å². The molecule has 1 aromatic heterocycles. The summed E-state index contributed by atoms with van der Waals surface area (Å²) in [5, 5.41) is 4.95. The Balaban J connectivity index is 2.21. The minimum Gasteiger partial charge on any atom is -0.497 e. The fourth-order valence-corrected chi connectivity index (χ4v) is 2.40. The topological polar surface area (TPSA) is 80.3 Å². The number of hydrogen-bond acceptors (Lipinski definition) is 5. The van der Waals surface area contributed by atoms with Gasteiger partial charge in [0.25, 0.3) is 0 Å². The van der Waals surface area contributed by atoms with E-state index in [-0.39, 0.29) is 12.3 Å². The van der Waals surface area contributed by atoms with Gasteiger partial charge in [0.05, 0.1) is 12.9 Å². The number of methoxy groups -OCH3 is 1. The lowest BCUT2D eigenvalue weighted by Crippen LogP contribution is -2.26. The highest BCUT2D eigenvalue weighted by molar-refractivity contribution is 7.89. The van der Waals surface area contributed by atoms with Gasteiger partial charge >= 0.3 is 0 Å². The maximum Gasteiger partial charge on any atom is 0.213 e. The lowest BCUT2D eigenvalue weighted by atomic mass is 10.1. The summed E-state index contributed by atoms with van der Waals surface area (Å²) in [5.74, 6) is 1.37. The SMILES string of the molecule is CNS(=O)(=O)CCNc1nccc2ccc(OC)cc12. The number of nitrogens with zero attached hydrogens (tertiary/aromatic N) is 1. The molecule has 0 amide bonds. The fourth-order valence-electron chi connectivity index (χ4n) is 1.82. The van der Waals surface area contributed by atoms with E-state index in [4.69, 9.17) is 4.74 Å². The van der Waals surface area contributed by atoms with Crippen molar-refractivity contribution in [3.8, 4) is 5.75 Å². The highest BCUT2D eigenvalue weighted by Gasteiger charge is 2.08. The highest BCUT2D eigenvalue weighted by atomic mass is 32.2. The zero-order chi connectivity index (χ0) is 14.6. The lowest BCUT2D eigenvalue weighted by molar-refractivity contribution is 0.415. The maximum absolute atomic E-state index is 11.4. The molecule has 0 atom stereocenters. The van der Waals surface area contributed by atoms with E-state index in [0.717, 1.165) is 16.5 Å². The normalized spacial score (nSPS) is 11.5. The molecule has 2 rings (SSSR count). The molecule has 1 heterocycles. The third kappa shape index (κ3) is 3.37. The van der Waals surface area contributed by atoms with E-state index in [1.165, 1.54) is 7.05 Å². The van der Waals surface area contributed by atoms with Gasteiger partial charge < -0.3 is 10.1 Å². The number of hydrogen-bond donors (Lipinski definition) is 2. The summed E-state index contributed by atoms with van der Waals surface area (Å²) in [4.78, 5) is 4.25. The Hall–Kier alpha value is -1.86. The molecular weight excluding hydrogens is 278 g/mol. The molecule has 0 aliphatic carbocycles. The van der Waals surface area contributed by atoms with Crippen LogP contribution in [-0.2, 0) is 10.0 Å². The Labute approximate surface area is 118 Å². The van der Waals surface area contributed by atoms with Crippen molar-refractivity contribution in [3.63, 3.8) is 0 Å². The third-order valence-corrected chi connectivity index (χ3v) is 4.31. The maximum atomic E-state index is 11.4. The van der Waals surface area contributed by atoms with Gasteiger partial charge in [-0.1, -0.05) is 6.07 Å². The summed E-state index contributed by atoms with van der Waals surface area (Å²) < 4.78 is 30.2. The van der Waals surface area contributed by atoms with E-state index in [9.17, 15) is 8.42 Å². The predicted octanol–water partition coefficient (Wildman–Crippen LogP) is 1.20. The first kappa shape index (κ1) is 14.5. The van der Waals surface area contributed by atoms with Crippen LogP contribution in [0.2, 0.25) is 0 Å². The Morgan fingerprint density at radius 2 is 2.10 bits per heavy atom. The van der Waals surface area contributed by atoms with Crippen LogP contribution in [0.15, 0.2) is 30.5 Å². The van der Waals surface area contributed by atoms with Crippen LogP contribution < -0.4 is 14.8 Å². The molecule has 108 valence electrons. The molecule has 0 fully saturated rings. The first-order valence-corrected chi connectivity index (χ1v) is 7.79. The number of benzene rings is 1. The van der Waals surface area contributed by atoms with Gasteiger partial charge in [-0.25, -0.2) is 18.1 Å². The van der Waals surface area contributed by atoms with Gasteiger partial charge in [-0.3, -0.25) is 0 Å². The van der Waals surface area contributed by atoms with Crippen molar-refractivity contribution < 1.29 is 13.2 Å². The summed E-state index contributed by atoms with van der Waals surface area (Å²) >= 11 is 0. The van der Waals surface area contributed by atoms with Crippen LogP contribution in [0.3, 0.4) is 0 Å². The molecule has 0 aliphatic heterocycles. The van der Waals surface area contributed by atoms with Gasteiger partial charge in [-0.15, -0.1) is 0 Å². The van der Waals surface area contributed by atoms with Gasteiger partial charge in [0.2, 0.25) is 10.0 Å². The minimum absolute atomic E-state index is 0.00840. The van der Waals surface area contributed by atoms with Gasteiger partial charge in [-0.2, -0.15) is 0 Å². The number of rotatable bonds is 6. The molecule has 0 saturated carbocycles. The number of ether oxygens (including phenoxy) is 1. The monoisotopic (exact) mass is 295 g/mol. The smallest absolute Gasteiger partial charge is 0.213 e. The average molecular weight is 295 g/mol. The van der Waals surface area contributed by atoms with Crippen molar-refractivity contribution in [2.75, 3.05) is 31.8 Å². The number of pyridine rings is 1. The minimum atomic E-state index is -3.22. The van der Waals surface area contributed by atoms with Crippen molar-refractivity contribution in [1.82, 2.24) is 9.71 Å². The molecule has 0 saturated heterocycles. The van der Waals surface area contributed by atoms with E-state index in [0.29, 0.717) is 5.82 Å². The molecule has 7 heteroatoms. The number of anilines is 1. The quantitative estimate of drug-likeness (QED) is 0.837. The molecule has 2 N–H and O–H groups in total. The van der Waals surface area contributed by atoms with Crippen molar-refractivity contribution in [1.29, 1.82) is 0 Å². The highest BCUT2D eigenvalue weighted by Crippen LogP contribution is 2.25. The zero-order valence-electron chi connectivity index (χ0n) is 11.4. The number of aromatic nitrogens is 1. The van der Waals surface area contributed by atoms with E-state index < -0.39 is 10.0 Å². The van der Waals surface area contributed by atoms with Crippen molar-refractivity contribution >= 4 is 26.6 Å². The summed E-state index contributed by atoms with van der Waals surface area (Å²) in [6.45, 7) is 0.284. The molecule has 1 aromatic carbocycles. The second kappa shape index (κ2) is 6.06. The van der Waals surface area contributed by atoms with Gasteiger partial charge in [0.1, 0.15) is 11.6 Å².